The van der Waals surface area contributed by atoms with Crippen LogP contribution in [0.25, 0.3) is 0 Å². The lowest BCUT2D eigenvalue weighted by Gasteiger charge is -2.17. The van der Waals surface area contributed by atoms with Crippen molar-refractivity contribution in [3.05, 3.63) is 58.6 Å². The molecule has 0 radical (unpaired) electrons. The monoisotopic (exact) mass is 356 g/mol. The van der Waals surface area contributed by atoms with E-state index in [1.807, 2.05) is 31.3 Å². The molecule has 0 aliphatic carbocycles. The minimum absolute atomic E-state index is 0.0354. The second kappa shape index (κ2) is 9.41. The maximum Gasteiger partial charge on any atom is 0.269 e. The Morgan fingerprint density at radius 1 is 1.15 bits per heavy atom. The number of non-ortho nitro benzene ring substituents is 1. The Hall–Kier alpha value is -3.09. The summed E-state index contributed by atoms with van der Waals surface area (Å²) in [6.45, 7) is 3.58. The molecule has 1 amide bonds. The molecule has 0 aliphatic rings. The van der Waals surface area contributed by atoms with Gasteiger partial charge in [-0.25, -0.2) is 0 Å². The number of benzene rings is 2. The third kappa shape index (κ3) is 5.77. The molecule has 0 aliphatic heterocycles. The predicted octanol–water partition coefficient (Wildman–Crippen LogP) is 3.88. The van der Waals surface area contributed by atoms with Gasteiger partial charge >= 0.3 is 0 Å². The molecule has 26 heavy (non-hydrogen) atoms. The second-order valence-corrected chi connectivity index (χ2v) is 5.95. The molecule has 0 bridgehead atoms. The summed E-state index contributed by atoms with van der Waals surface area (Å²) in [5, 5.41) is 16.7. The summed E-state index contributed by atoms with van der Waals surface area (Å²) in [5.41, 5.74) is 2.71. The lowest BCUT2D eigenvalue weighted by Crippen LogP contribution is -2.17. The summed E-state index contributed by atoms with van der Waals surface area (Å²) in [5.74, 6) is -0.0354. The number of nitrogens with one attached hydrogen (secondary N) is 2. The fourth-order valence-corrected chi connectivity index (χ4v) is 2.41. The summed E-state index contributed by atoms with van der Waals surface area (Å²) in [6.07, 6.45) is 1.06. The number of hydrogen-bond acceptors (Lipinski definition) is 5. The fourth-order valence-electron chi connectivity index (χ4n) is 2.41. The van der Waals surface area contributed by atoms with Crippen LogP contribution >= 0.6 is 0 Å². The number of nitrogens with zero attached hydrogens (tertiary/aromatic N) is 2. The Labute approximate surface area is 153 Å². The quantitative estimate of drug-likeness (QED) is 0.404. The van der Waals surface area contributed by atoms with E-state index >= 15 is 0 Å². The summed E-state index contributed by atoms with van der Waals surface area (Å²) >= 11 is 0. The number of nitro benzene ring substituents is 1. The van der Waals surface area contributed by atoms with Gasteiger partial charge in [-0.1, -0.05) is 6.07 Å². The Morgan fingerprint density at radius 3 is 2.54 bits per heavy atom. The highest BCUT2D eigenvalue weighted by atomic mass is 16.6. The number of nitro groups is 1. The number of carbonyl (C=O) groups is 1. The van der Waals surface area contributed by atoms with Crippen LogP contribution in [0.5, 0.6) is 0 Å². The normalized spacial score (nSPS) is 10.2. The van der Waals surface area contributed by atoms with E-state index in [-0.39, 0.29) is 11.6 Å². The fraction of sp³-hybridized carbons (Fsp3) is 0.316. The topological polar surface area (TPSA) is 87.5 Å². The minimum Gasteiger partial charge on any atom is -0.385 e. The molecule has 2 aromatic carbocycles. The van der Waals surface area contributed by atoms with Crippen LogP contribution in [0.2, 0.25) is 0 Å². The van der Waals surface area contributed by atoms with Gasteiger partial charge in [0.25, 0.3) is 5.69 Å². The third-order valence-corrected chi connectivity index (χ3v) is 4.03. The first-order chi connectivity index (χ1) is 12.5. The number of amides is 1. The highest BCUT2D eigenvalue weighted by molar-refractivity contribution is 5.91. The second-order valence-electron chi connectivity index (χ2n) is 5.95. The lowest BCUT2D eigenvalue weighted by molar-refractivity contribution is -0.384. The third-order valence-electron chi connectivity index (χ3n) is 4.03. The molecule has 7 nitrogen and oxygen atoms in total. The zero-order valence-electron chi connectivity index (χ0n) is 15.1. The number of anilines is 3. The van der Waals surface area contributed by atoms with Gasteiger partial charge < -0.3 is 15.5 Å². The Bertz CT molecular complexity index is 747. The largest absolute Gasteiger partial charge is 0.385 e. The van der Waals surface area contributed by atoms with Gasteiger partial charge in [0.05, 0.1) is 4.92 Å². The molecule has 0 heterocycles. The number of hydrogen-bond donors (Lipinski definition) is 2. The molecule has 7 heteroatoms. The van der Waals surface area contributed by atoms with Crippen molar-refractivity contribution in [2.75, 3.05) is 35.7 Å². The van der Waals surface area contributed by atoms with Crippen LogP contribution in [0.1, 0.15) is 19.8 Å². The van der Waals surface area contributed by atoms with Gasteiger partial charge in [-0.05, 0) is 43.7 Å². The molecule has 0 spiro atoms. The van der Waals surface area contributed by atoms with Crippen molar-refractivity contribution in [3.63, 3.8) is 0 Å². The number of carbonyl (C=O) groups excluding carboxylic acids is 1. The van der Waals surface area contributed by atoms with Gasteiger partial charge in [0.1, 0.15) is 0 Å². The van der Waals surface area contributed by atoms with Gasteiger partial charge in [0, 0.05) is 55.8 Å². The highest BCUT2D eigenvalue weighted by Crippen LogP contribution is 2.18. The van der Waals surface area contributed by atoms with Gasteiger partial charge in [0.15, 0.2) is 0 Å². The smallest absolute Gasteiger partial charge is 0.269 e. The van der Waals surface area contributed by atoms with E-state index in [9.17, 15) is 14.9 Å². The van der Waals surface area contributed by atoms with Crippen LogP contribution < -0.4 is 15.5 Å². The van der Waals surface area contributed by atoms with Crippen molar-refractivity contribution in [2.45, 2.75) is 19.8 Å². The zero-order valence-corrected chi connectivity index (χ0v) is 15.1. The standard InChI is InChI=1S/C19H24N4O3/c1-3-22(2)18-7-4-6-16(14-18)21-19(24)8-5-13-20-15-9-11-17(12-10-15)23(25)26/h4,6-7,9-12,14,20H,3,5,8,13H2,1-2H3,(H,21,24). The van der Waals surface area contributed by atoms with E-state index in [4.69, 9.17) is 0 Å². The summed E-state index contributed by atoms with van der Waals surface area (Å²) in [7, 11) is 2.00. The minimum atomic E-state index is -0.429. The Morgan fingerprint density at radius 2 is 1.88 bits per heavy atom. The van der Waals surface area contributed by atoms with Crippen LogP contribution in [-0.4, -0.2) is 31.0 Å². The molecule has 0 saturated carbocycles. The Balaban J connectivity index is 1.74. The molecular weight excluding hydrogens is 332 g/mol. The SMILES string of the molecule is CCN(C)c1cccc(NC(=O)CCCNc2ccc([N+](=O)[O-])cc2)c1. The molecule has 0 saturated heterocycles. The molecule has 0 fully saturated rings. The van der Waals surface area contributed by atoms with Crippen LogP contribution in [0.3, 0.4) is 0 Å². The van der Waals surface area contributed by atoms with Gasteiger partial charge in [-0.2, -0.15) is 0 Å². The van der Waals surface area contributed by atoms with Crippen LogP contribution in [0, 0.1) is 10.1 Å². The first-order valence-electron chi connectivity index (χ1n) is 8.59. The predicted molar refractivity (Wildman–Crippen MR) is 105 cm³/mol. The van der Waals surface area contributed by atoms with E-state index in [0.717, 1.165) is 23.6 Å². The van der Waals surface area contributed by atoms with Crippen LogP contribution in [0.15, 0.2) is 48.5 Å². The van der Waals surface area contributed by atoms with Gasteiger partial charge in [-0.3, -0.25) is 14.9 Å². The van der Waals surface area contributed by atoms with Crippen molar-refractivity contribution in [2.24, 2.45) is 0 Å². The molecule has 0 aromatic heterocycles. The summed E-state index contributed by atoms with van der Waals surface area (Å²) in [6, 6.07) is 14.0. The average Bonchev–Trinajstić information content (AvgIpc) is 2.65. The Kier molecular flexibility index (Phi) is 6.96. The van der Waals surface area contributed by atoms with E-state index in [0.29, 0.717) is 19.4 Å². The van der Waals surface area contributed by atoms with Crippen molar-refractivity contribution in [1.29, 1.82) is 0 Å². The summed E-state index contributed by atoms with van der Waals surface area (Å²) in [4.78, 5) is 24.3. The molecule has 0 atom stereocenters. The molecule has 2 N–H and O–H groups in total. The van der Waals surface area contributed by atoms with E-state index in [1.54, 1.807) is 12.1 Å². The maximum atomic E-state index is 12.1. The first-order valence-corrected chi connectivity index (χ1v) is 8.59. The molecule has 138 valence electrons. The van der Waals surface area contributed by atoms with E-state index < -0.39 is 4.92 Å². The first kappa shape index (κ1) is 19.2. The van der Waals surface area contributed by atoms with Crippen molar-refractivity contribution < 1.29 is 9.72 Å². The molecule has 2 aromatic rings. The molecule has 2 rings (SSSR count). The van der Waals surface area contributed by atoms with E-state index in [1.165, 1.54) is 12.1 Å². The van der Waals surface area contributed by atoms with Crippen molar-refractivity contribution >= 4 is 28.7 Å². The van der Waals surface area contributed by atoms with Crippen LogP contribution in [0.4, 0.5) is 22.7 Å². The van der Waals surface area contributed by atoms with E-state index in [2.05, 4.69) is 22.5 Å². The van der Waals surface area contributed by atoms with Crippen molar-refractivity contribution in [3.8, 4) is 0 Å². The number of rotatable bonds is 9. The zero-order chi connectivity index (χ0) is 18.9. The van der Waals surface area contributed by atoms with Gasteiger partial charge in [-0.15, -0.1) is 0 Å². The molecule has 0 unspecified atom stereocenters. The lowest BCUT2D eigenvalue weighted by atomic mass is 10.2. The van der Waals surface area contributed by atoms with Crippen LogP contribution in [-0.2, 0) is 4.79 Å². The highest BCUT2D eigenvalue weighted by Gasteiger charge is 2.06. The summed E-state index contributed by atoms with van der Waals surface area (Å²) < 4.78 is 0. The van der Waals surface area contributed by atoms with Crippen molar-refractivity contribution in [1.82, 2.24) is 0 Å². The molecular formula is C19H24N4O3. The average molecular weight is 356 g/mol. The maximum absolute atomic E-state index is 12.1. The van der Waals surface area contributed by atoms with Gasteiger partial charge in [0.2, 0.25) is 5.91 Å².